The highest BCUT2D eigenvalue weighted by Gasteiger charge is 2.18. The van der Waals surface area contributed by atoms with E-state index in [2.05, 4.69) is 9.97 Å². The Labute approximate surface area is 86.0 Å². The number of alkyl halides is 2. The number of sulfonamides is 1. The van der Waals surface area contributed by atoms with Gasteiger partial charge in [0.15, 0.2) is 5.03 Å². The summed E-state index contributed by atoms with van der Waals surface area (Å²) in [4.78, 5) is 6.29. The predicted octanol–water partition coefficient (Wildman–Crippen LogP) is 0.515. The summed E-state index contributed by atoms with van der Waals surface area (Å²) < 4.78 is 48.1. The second-order valence-corrected chi connectivity index (χ2v) is 4.53. The summed E-state index contributed by atoms with van der Waals surface area (Å²) >= 11 is 0. The van der Waals surface area contributed by atoms with Crippen LogP contribution in [0.3, 0.4) is 0 Å². The molecular formula is C7H11F2N3O2S. The van der Waals surface area contributed by atoms with E-state index in [1.165, 1.54) is 0 Å². The molecule has 0 aliphatic carbocycles. The largest absolute Gasteiger partial charge is 0.332 e. The molecule has 2 N–H and O–H groups in total. The minimum Gasteiger partial charge on any atom is -0.332 e. The average molecular weight is 239 g/mol. The Balaban J connectivity index is 2.77. The maximum Gasteiger partial charge on any atom is 0.257 e. The van der Waals surface area contributed by atoms with Crippen molar-refractivity contribution in [2.24, 2.45) is 0 Å². The molecule has 0 aliphatic rings. The summed E-state index contributed by atoms with van der Waals surface area (Å²) in [6, 6.07) is 0. The molecule has 0 saturated carbocycles. The molecule has 0 unspecified atom stereocenters. The van der Waals surface area contributed by atoms with Gasteiger partial charge in [0.1, 0.15) is 5.82 Å². The first-order valence-corrected chi connectivity index (χ1v) is 5.75. The van der Waals surface area contributed by atoms with Gasteiger partial charge in [-0.25, -0.2) is 26.9 Å². The second kappa shape index (κ2) is 4.67. The van der Waals surface area contributed by atoms with E-state index >= 15 is 0 Å². The molecule has 5 nitrogen and oxygen atoms in total. The summed E-state index contributed by atoms with van der Waals surface area (Å²) in [7, 11) is -3.89. The van der Waals surface area contributed by atoms with E-state index < -0.39 is 23.0 Å². The van der Waals surface area contributed by atoms with Crippen LogP contribution in [0.1, 0.15) is 12.7 Å². The minimum atomic E-state index is -3.89. The van der Waals surface area contributed by atoms with Gasteiger partial charge < -0.3 is 4.98 Å². The number of H-pyrrole nitrogens is 1. The summed E-state index contributed by atoms with van der Waals surface area (Å²) in [6.07, 6.45) is -1.06. The third kappa shape index (κ3) is 3.24. The number of halogens is 2. The van der Waals surface area contributed by atoms with E-state index in [0.717, 1.165) is 6.20 Å². The molecule has 0 atom stereocenters. The van der Waals surface area contributed by atoms with Crippen LogP contribution in [0.15, 0.2) is 11.2 Å². The minimum absolute atomic E-state index is 0.194. The smallest absolute Gasteiger partial charge is 0.257 e. The van der Waals surface area contributed by atoms with Crippen molar-refractivity contribution in [2.45, 2.75) is 24.8 Å². The maximum absolute atomic E-state index is 11.8. The van der Waals surface area contributed by atoms with Crippen LogP contribution >= 0.6 is 0 Å². The molecular weight excluding hydrogens is 228 g/mol. The molecule has 0 saturated heterocycles. The van der Waals surface area contributed by atoms with Crippen molar-refractivity contribution in [3.8, 4) is 0 Å². The van der Waals surface area contributed by atoms with Crippen LogP contribution < -0.4 is 4.72 Å². The summed E-state index contributed by atoms with van der Waals surface area (Å²) in [5.74, 6) is 0.493. The molecule has 1 aromatic rings. The molecule has 15 heavy (non-hydrogen) atoms. The SMILES string of the molecule is CCc1ncc(S(=O)(=O)NCC(F)F)[nH]1. The first-order valence-electron chi connectivity index (χ1n) is 4.27. The van der Waals surface area contributed by atoms with Gasteiger partial charge in [-0.15, -0.1) is 0 Å². The van der Waals surface area contributed by atoms with Crippen LogP contribution in [0.2, 0.25) is 0 Å². The van der Waals surface area contributed by atoms with E-state index in [0.29, 0.717) is 12.2 Å². The lowest BCUT2D eigenvalue weighted by molar-refractivity contribution is 0.153. The number of hydrogen-bond donors (Lipinski definition) is 2. The Bertz CT molecular complexity index is 416. The Morgan fingerprint density at radius 1 is 1.60 bits per heavy atom. The van der Waals surface area contributed by atoms with Gasteiger partial charge in [-0.3, -0.25) is 0 Å². The molecule has 0 aromatic carbocycles. The van der Waals surface area contributed by atoms with Gasteiger partial charge >= 0.3 is 0 Å². The highest BCUT2D eigenvalue weighted by atomic mass is 32.2. The number of aryl methyl sites for hydroxylation is 1. The molecule has 0 aliphatic heterocycles. The van der Waals surface area contributed by atoms with E-state index in [1.54, 1.807) is 11.6 Å². The number of aromatic amines is 1. The van der Waals surface area contributed by atoms with E-state index in [1.807, 2.05) is 0 Å². The number of hydrogen-bond acceptors (Lipinski definition) is 3. The summed E-state index contributed by atoms with van der Waals surface area (Å²) in [6.45, 7) is 0.893. The molecule has 1 heterocycles. The van der Waals surface area contributed by atoms with Crippen LogP contribution in [0, 0.1) is 0 Å². The summed E-state index contributed by atoms with van der Waals surface area (Å²) in [5, 5.41) is -0.194. The number of nitrogens with one attached hydrogen (secondary N) is 2. The van der Waals surface area contributed by atoms with Crippen molar-refractivity contribution in [3.05, 3.63) is 12.0 Å². The fourth-order valence-electron chi connectivity index (χ4n) is 0.910. The van der Waals surface area contributed by atoms with Crippen molar-refractivity contribution < 1.29 is 17.2 Å². The number of imidazole rings is 1. The van der Waals surface area contributed by atoms with Crippen LogP contribution in [-0.2, 0) is 16.4 Å². The van der Waals surface area contributed by atoms with Crippen molar-refractivity contribution in [1.82, 2.24) is 14.7 Å². The third-order valence-corrected chi connectivity index (χ3v) is 2.99. The van der Waals surface area contributed by atoms with Crippen molar-refractivity contribution in [3.63, 3.8) is 0 Å². The van der Waals surface area contributed by atoms with E-state index in [-0.39, 0.29) is 5.03 Å². The number of rotatable bonds is 5. The zero-order valence-corrected chi connectivity index (χ0v) is 8.81. The quantitative estimate of drug-likeness (QED) is 0.786. The zero-order chi connectivity index (χ0) is 11.5. The first kappa shape index (κ1) is 12.1. The van der Waals surface area contributed by atoms with Gasteiger partial charge in [-0.1, -0.05) is 6.92 Å². The van der Waals surface area contributed by atoms with Crippen molar-refractivity contribution in [2.75, 3.05) is 6.54 Å². The van der Waals surface area contributed by atoms with Gasteiger partial charge in [0.25, 0.3) is 16.4 Å². The Kier molecular flexibility index (Phi) is 3.75. The van der Waals surface area contributed by atoms with Crippen LogP contribution in [0.4, 0.5) is 8.78 Å². The lowest BCUT2D eigenvalue weighted by atomic mass is 10.5. The second-order valence-electron chi connectivity index (χ2n) is 2.79. The fraction of sp³-hybridized carbons (Fsp3) is 0.571. The molecule has 0 spiro atoms. The topological polar surface area (TPSA) is 74.8 Å². The highest BCUT2D eigenvalue weighted by molar-refractivity contribution is 7.89. The van der Waals surface area contributed by atoms with Gasteiger partial charge in [0, 0.05) is 6.42 Å². The summed E-state index contributed by atoms with van der Waals surface area (Å²) in [5.41, 5.74) is 0. The monoisotopic (exact) mass is 239 g/mol. The van der Waals surface area contributed by atoms with E-state index in [4.69, 9.17) is 0 Å². The van der Waals surface area contributed by atoms with Gasteiger partial charge in [0.05, 0.1) is 12.7 Å². The molecule has 1 aromatic heterocycles. The van der Waals surface area contributed by atoms with Gasteiger partial charge in [0.2, 0.25) is 0 Å². The van der Waals surface area contributed by atoms with Crippen LogP contribution in [0.25, 0.3) is 0 Å². The number of nitrogens with zero attached hydrogens (tertiary/aromatic N) is 1. The molecule has 0 bridgehead atoms. The fourth-order valence-corrected chi connectivity index (χ4v) is 1.85. The Morgan fingerprint density at radius 3 is 2.73 bits per heavy atom. The average Bonchev–Trinajstić information content (AvgIpc) is 2.63. The van der Waals surface area contributed by atoms with Gasteiger partial charge in [-0.05, 0) is 0 Å². The number of aromatic nitrogens is 2. The standard InChI is InChI=1S/C7H11F2N3O2S/c1-2-6-10-4-7(12-6)15(13,14)11-3-5(8)9/h4-5,11H,2-3H2,1H3,(H,10,12). The van der Waals surface area contributed by atoms with Crippen LogP contribution in [0.5, 0.6) is 0 Å². The third-order valence-electron chi connectivity index (χ3n) is 1.66. The van der Waals surface area contributed by atoms with Crippen LogP contribution in [-0.4, -0.2) is 31.4 Å². The molecule has 0 fully saturated rings. The molecule has 8 heteroatoms. The normalized spacial score (nSPS) is 12.3. The lowest BCUT2D eigenvalue weighted by Crippen LogP contribution is -2.28. The molecule has 0 radical (unpaired) electrons. The lowest BCUT2D eigenvalue weighted by Gasteiger charge is -2.02. The first-order chi connectivity index (χ1) is 6.95. The predicted molar refractivity (Wildman–Crippen MR) is 49.2 cm³/mol. The maximum atomic E-state index is 11.8. The Morgan fingerprint density at radius 2 is 2.27 bits per heavy atom. The molecule has 0 amide bonds. The highest BCUT2D eigenvalue weighted by Crippen LogP contribution is 2.06. The molecule has 1 rings (SSSR count). The molecule has 86 valence electrons. The van der Waals surface area contributed by atoms with Crippen molar-refractivity contribution >= 4 is 10.0 Å². The Hall–Kier alpha value is -1.02. The van der Waals surface area contributed by atoms with Gasteiger partial charge in [-0.2, -0.15) is 0 Å². The van der Waals surface area contributed by atoms with E-state index in [9.17, 15) is 17.2 Å². The zero-order valence-electron chi connectivity index (χ0n) is 8.00. The van der Waals surface area contributed by atoms with Crippen molar-refractivity contribution in [1.29, 1.82) is 0 Å².